The monoisotopic (exact) mass is 305 g/mol. The van der Waals surface area contributed by atoms with Crippen molar-refractivity contribution in [2.75, 3.05) is 6.54 Å². The van der Waals surface area contributed by atoms with Crippen molar-refractivity contribution in [2.24, 2.45) is 0 Å². The predicted octanol–water partition coefficient (Wildman–Crippen LogP) is 2.21. The third kappa shape index (κ3) is 3.63. The van der Waals surface area contributed by atoms with Crippen LogP contribution >= 0.6 is 15.9 Å². The van der Waals surface area contributed by atoms with Gasteiger partial charge in [0.25, 0.3) is 5.91 Å². The second-order valence-corrected chi connectivity index (χ2v) is 4.67. The molecular formula is C13H12BrN3O. The van der Waals surface area contributed by atoms with Crippen molar-refractivity contribution in [1.82, 2.24) is 15.3 Å². The van der Waals surface area contributed by atoms with E-state index in [4.69, 9.17) is 0 Å². The molecule has 0 aliphatic carbocycles. The van der Waals surface area contributed by atoms with Crippen molar-refractivity contribution in [2.45, 2.75) is 6.42 Å². The molecule has 0 atom stereocenters. The zero-order valence-corrected chi connectivity index (χ0v) is 11.2. The molecule has 2 heterocycles. The summed E-state index contributed by atoms with van der Waals surface area (Å²) in [6, 6.07) is 5.62. The van der Waals surface area contributed by atoms with Crippen LogP contribution in [0.15, 0.2) is 47.5 Å². The fraction of sp³-hybridized carbons (Fsp3) is 0.154. The summed E-state index contributed by atoms with van der Waals surface area (Å²) in [5, 5.41) is 2.85. The highest BCUT2D eigenvalue weighted by molar-refractivity contribution is 9.10. The Morgan fingerprint density at radius 2 is 2.00 bits per heavy atom. The topological polar surface area (TPSA) is 54.9 Å². The largest absolute Gasteiger partial charge is 0.352 e. The predicted molar refractivity (Wildman–Crippen MR) is 72.2 cm³/mol. The van der Waals surface area contributed by atoms with Gasteiger partial charge in [-0.25, -0.2) is 0 Å². The molecule has 0 aliphatic rings. The van der Waals surface area contributed by atoms with E-state index in [1.54, 1.807) is 30.9 Å². The first-order chi connectivity index (χ1) is 8.75. The third-order valence-electron chi connectivity index (χ3n) is 2.42. The van der Waals surface area contributed by atoms with Gasteiger partial charge in [-0.1, -0.05) is 0 Å². The Kier molecular flexibility index (Phi) is 4.41. The zero-order valence-electron chi connectivity index (χ0n) is 9.64. The number of rotatable bonds is 4. The van der Waals surface area contributed by atoms with Crippen LogP contribution in [0.3, 0.4) is 0 Å². The first-order valence-corrected chi connectivity index (χ1v) is 6.32. The van der Waals surface area contributed by atoms with Gasteiger partial charge in [0.15, 0.2) is 0 Å². The maximum Gasteiger partial charge on any atom is 0.252 e. The molecule has 0 radical (unpaired) electrons. The molecule has 4 nitrogen and oxygen atoms in total. The van der Waals surface area contributed by atoms with Crippen LogP contribution in [0.2, 0.25) is 0 Å². The van der Waals surface area contributed by atoms with E-state index in [2.05, 4.69) is 31.2 Å². The Morgan fingerprint density at radius 1 is 1.22 bits per heavy atom. The van der Waals surface area contributed by atoms with E-state index in [1.165, 1.54) is 0 Å². The van der Waals surface area contributed by atoms with Crippen LogP contribution in [-0.4, -0.2) is 22.4 Å². The van der Waals surface area contributed by atoms with Gasteiger partial charge in [0.05, 0.1) is 5.56 Å². The first-order valence-electron chi connectivity index (χ1n) is 5.53. The van der Waals surface area contributed by atoms with Gasteiger partial charge in [-0.15, -0.1) is 0 Å². The average molecular weight is 306 g/mol. The van der Waals surface area contributed by atoms with Gasteiger partial charge < -0.3 is 5.32 Å². The van der Waals surface area contributed by atoms with Gasteiger partial charge in [0.2, 0.25) is 0 Å². The number of nitrogens with zero attached hydrogens (tertiary/aromatic N) is 2. The van der Waals surface area contributed by atoms with Crippen molar-refractivity contribution in [1.29, 1.82) is 0 Å². The maximum absolute atomic E-state index is 11.8. The molecule has 1 N–H and O–H groups in total. The summed E-state index contributed by atoms with van der Waals surface area (Å²) in [6.45, 7) is 0.593. The Morgan fingerprint density at radius 3 is 2.72 bits per heavy atom. The van der Waals surface area contributed by atoms with Gasteiger partial charge in [0, 0.05) is 35.8 Å². The lowest BCUT2D eigenvalue weighted by Gasteiger charge is -2.05. The molecule has 2 aromatic rings. The Balaban J connectivity index is 1.86. The van der Waals surface area contributed by atoms with E-state index < -0.39 is 0 Å². The van der Waals surface area contributed by atoms with Crippen molar-refractivity contribution < 1.29 is 4.79 Å². The molecule has 0 aromatic carbocycles. The normalized spacial score (nSPS) is 10.1. The highest BCUT2D eigenvalue weighted by Gasteiger charge is 2.05. The van der Waals surface area contributed by atoms with Crippen LogP contribution in [0, 0.1) is 0 Å². The summed E-state index contributed by atoms with van der Waals surface area (Å²) in [4.78, 5) is 19.7. The lowest BCUT2D eigenvalue weighted by Crippen LogP contribution is -2.25. The minimum atomic E-state index is -0.113. The number of carbonyl (C=O) groups is 1. The van der Waals surface area contributed by atoms with Crippen LogP contribution in [-0.2, 0) is 6.42 Å². The van der Waals surface area contributed by atoms with Crippen LogP contribution in [0.1, 0.15) is 15.9 Å². The van der Waals surface area contributed by atoms with Crippen molar-refractivity contribution in [3.8, 4) is 0 Å². The van der Waals surface area contributed by atoms with Gasteiger partial charge in [0.1, 0.15) is 0 Å². The van der Waals surface area contributed by atoms with Crippen molar-refractivity contribution in [3.63, 3.8) is 0 Å². The maximum atomic E-state index is 11.8. The fourth-order valence-corrected chi connectivity index (χ4v) is 1.87. The number of carbonyl (C=O) groups excluding carboxylic acids is 1. The van der Waals surface area contributed by atoms with Crippen molar-refractivity contribution in [3.05, 3.63) is 58.6 Å². The SMILES string of the molecule is O=C(NCCc1ccncc1)c1cncc(Br)c1. The minimum Gasteiger partial charge on any atom is -0.352 e. The standard InChI is InChI=1S/C13H12BrN3O/c14-12-7-11(8-16-9-12)13(18)17-6-3-10-1-4-15-5-2-10/h1-2,4-5,7-9H,3,6H2,(H,17,18). The molecular weight excluding hydrogens is 294 g/mol. The van der Waals surface area contributed by atoms with Crippen LogP contribution in [0.4, 0.5) is 0 Å². The molecule has 0 aliphatic heterocycles. The molecule has 2 rings (SSSR count). The van der Waals surface area contributed by atoms with E-state index in [0.717, 1.165) is 16.5 Å². The van der Waals surface area contributed by atoms with Gasteiger partial charge in [-0.3, -0.25) is 14.8 Å². The van der Waals surface area contributed by atoms with E-state index in [9.17, 15) is 4.79 Å². The lowest BCUT2D eigenvalue weighted by molar-refractivity contribution is 0.0953. The zero-order chi connectivity index (χ0) is 12.8. The molecule has 5 heteroatoms. The van der Waals surface area contributed by atoms with Gasteiger partial charge >= 0.3 is 0 Å². The Bertz CT molecular complexity index is 531. The first kappa shape index (κ1) is 12.7. The summed E-state index contributed by atoms with van der Waals surface area (Å²) in [5.74, 6) is -0.113. The van der Waals surface area contributed by atoms with Crippen molar-refractivity contribution >= 4 is 21.8 Å². The minimum absolute atomic E-state index is 0.113. The molecule has 0 saturated carbocycles. The molecule has 18 heavy (non-hydrogen) atoms. The summed E-state index contributed by atoms with van der Waals surface area (Å²) < 4.78 is 0.796. The van der Waals surface area contributed by atoms with Crippen LogP contribution in [0.25, 0.3) is 0 Å². The highest BCUT2D eigenvalue weighted by Crippen LogP contribution is 2.09. The Hall–Kier alpha value is -1.75. The molecule has 0 saturated heterocycles. The Labute approximate surface area is 114 Å². The van der Waals surface area contributed by atoms with E-state index >= 15 is 0 Å². The number of hydrogen-bond acceptors (Lipinski definition) is 3. The highest BCUT2D eigenvalue weighted by atomic mass is 79.9. The van der Waals surface area contributed by atoms with E-state index in [1.807, 2.05) is 12.1 Å². The smallest absolute Gasteiger partial charge is 0.252 e. The van der Waals surface area contributed by atoms with Gasteiger partial charge in [-0.05, 0) is 46.1 Å². The second kappa shape index (κ2) is 6.26. The second-order valence-electron chi connectivity index (χ2n) is 3.75. The van der Waals surface area contributed by atoms with E-state index in [0.29, 0.717) is 12.1 Å². The van der Waals surface area contributed by atoms with Crippen LogP contribution in [0.5, 0.6) is 0 Å². The number of hydrogen-bond donors (Lipinski definition) is 1. The molecule has 0 spiro atoms. The summed E-state index contributed by atoms with van der Waals surface area (Å²) in [5.41, 5.74) is 1.71. The summed E-state index contributed by atoms with van der Waals surface area (Å²) >= 11 is 3.29. The molecule has 0 bridgehead atoms. The number of amides is 1. The van der Waals surface area contributed by atoms with Crippen LogP contribution < -0.4 is 5.32 Å². The molecule has 92 valence electrons. The quantitative estimate of drug-likeness (QED) is 0.942. The fourth-order valence-electron chi connectivity index (χ4n) is 1.51. The number of halogens is 1. The summed E-state index contributed by atoms with van der Waals surface area (Å²) in [6.07, 6.45) is 7.47. The molecule has 1 amide bonds. The molecule has 2 aromatic heterocycles. The lowest BCUT2D eigenvalue weighted by atomic mass is 10.2. The average Bonchev–Trinajstić information content (AvgIpc) is 2.40. The number of nitrogens with one attached hydrogen (secondary N) is 1. The van der Waals surface area contributed by atoms with E-state index in [-0.39, 0.29) is 5.91 Å². The van der Waals surface area contributed by atoms with Gasteiger partial charge in [-0.2, -0.15) is 0 Å². The number of aromatic nitrogens is 2. The summed E-state index contributed by atoms with van der Waals surface area (Å²) in [7, 11) is 0. The molecule has 0 fully saturated rings. The third-order valence-corrected chi connectivity index (χ3v) is 2.85. The number of pyridine rings is 2. The molecule has 0 unspecified atom stereocenters.